The van der Waals surface area contributed by atoms with E-state index in [1.807, 2.05) is 6.92 Å². The number of ether oxygens (including phenoxy) is 4. The second-order valence-corrected chi connectivity index (χ2v) is 15.1. The van der Waals surface area contributed by atoms with Gasteiger partial charge in [-0.15, -0.1) is 0 Å². The first-order chi connectivity index (χ1) is 17.0. The molecule has 214 valence electrons. The molecule has 0 unspecified atom stereocenters. The standard InChI is InChI=1S/C30H51BrO6/c1-19(9-11-22(32)28(6)17-14-23(36-28)26(2,3)33)20-10-12-24-29(7,35-20)18-15-25(34-24)30(8)16-13-21(31)27(4,5)37-30/h20-25,32-33H,1,9-18H2,2-8H3/t20-,21+,22+,23-,24-,25-,28-,29+,30+/m1/s1. The zero-order valence-corrected chi connectivity index (χ0v) is 25.7. The monoisotopic (exact) mass is 586 g/mol. The number of fused-ring (bicyclic) bond motifs is 1. The summed E-state index contributed by atoms with van der Waals surface area (Å²) < 4.78 is 26.2. The van der Waals surface area contributed by atoms with Gasteiger partial charge in [-0.05, 0) is 118 Å². The van der Waals surface area contributed by atoms with Gasteiger partial charge in [0.2, 0.25) is 0 Å². The van der Waals surface area contributed by atoms with E-state index in [2.05, 4.69) is 50.2 Å². The first-order valence-corrected chi connectivity index (χ1v) is 15.3. The Balaban J connectivity index is 1.29. The maximum absolute atomic E-state index is 11.0. The van der Waals surface area contributed by atoms with Crippen molar-refractivity contribution in [2.45, 2.75) is 176 Å². The Morgan fingerprint density at radius 2 is 1.59 bits per heavy atom. The molecule has 4 aliphatic heterocycles. The summed E-state index contributed by atoms with van der Waals surface area (Å²) in [6.45, 7) is 18.6. The van der Waals surface area contributed by atoms with Crippen LogP contribution in [-0.2, 0) is 18.9 Å². The molecule has 4 rings (SSSR count). The SMILES string of the molecule is C=C(CC[C@H](O)[C@@]1(C)CC[C@H](C(C)(C)O)O1)[C@H]1CC[C@H]2O[C@@H]([C@]3(C)CC[C@H](Br)C(C)(C)O3)CC[C@]2(C)O1. The van der Waals surface area contributed by atoms with Crippen molar-refractivity contribution in [2.24, 2.45) is 0 Å². The molecule has 0 radical (unpaired) electrons. The molecule has 6 nitrogen and oxygen atoms in total. The van der Waals surface area contributed by atoms with Crippen molar-refractivity contribution in [1.29, 1.82) is 0 Å². The van der Waals surface area contributed by atoms with Crippen molar-refractivity contribution in [1.82, 2.24) is 0 Å². The van der Waals surface area contributed by atoms with Crippen LogP contribution in [0, 0.1) is 0 Å². The van der Waals surface area contributed by atoms with Crippen molar-refractivity contribution in [2.75, 3.05) is 0 Å². The molecule has 0 aromatic rings. The highest BCUT2D eigenvalue weighted by molar-refractivity contribution is 9.09. The summed E-state index contributed by atoms with van der Waals surface area (Å²) in [5, 5.41) is 21.3. The fraction of sp³-hybridized carbons (Fsp3) is 0.933. The predicted molar refractivity (Wildman–Crippen MR) is 149 cm³/mol. The van der Waals surface area contributed by atoms with E-state index in [0.29, 0.717) is 17.7 Å². The van der Waals surface area contributed by atoms with Crippen molar-refractivity contribution < 1.29 is 29.2 Å². The van der Waals surface area contributed by atoms with Gasteiger partial charge in [0, 0.05) is 4.83 Å². The van der Waals surface area contributed by atoms with E-state index in [9.17, 15) is 10.2 Å². The van der Waals surface area contributed by atoms with Crippen LogP contribution in [0.3, 0.4) is 0 Å². The Labute approximate surface area is 233 Å². The molecule has 0 aromatic heterocycles. The minimum atomic E-state index is -0.906. The van der Waals surface area contributed by atoms with Crippen LogP contribution in [-0.4, -0.2) is 73.6 Å². The molecule has 4 aliphatic rings. The highest BCUT2D eigenvalue weighted by atomic mass is 79.9. The minimum absolute atomic E-state index is 0.0235. The Bertz CT molecular complexity index is 840. The molecule has 0 aliphatic carbocycles. The average molecular weight is 588 g/mol. The van der Waals surface area contributed by atoms with Gasteiger partial charge in [-0.1, -0.05) is 22.5 Å². The lowest BCUT2D eigenvalue weighted by atomic mass is 9.76. The van der Waals surface area contributed by atoms with E-state index >= 15 is 0 Å². The second kappa shape index (κ2) is 10.4. The fourth-order valence-electron chi connectivity index (χ4n) is 7.02. The van der Waals surface area contributed by atoms with Crippen LogP contribution in [0.2, 0.25) is 0 Å². The quantitative estimate of drug-likeness (QED) is 0.282. The van der Waals surface area contributed by atoms with Gasteiger partial charge in [-0.2, -0.15) is 0 Å². The average Bonchev–Trinajstić information content (AvgIpc) is 3.22. The third kappa shape index (κ3) is 6.18. The maximum Gasteiger partial charge on any atom is 0.0924 e. The molecule has 0 saturated carbocycles. The number of halogens is 1. The summed E-state index contributed by atoms with van der Waals surface area (Å²) in [5.41, 5.74) is -1.34. The van der Waals surface area contributed by atoms with Crippen molar-refractivity contribution in [3.63, 3.8) is 0 Å². The summed E-state index contributed by atoms with van der Waals surface area (Å²) in [6, 6.07) is 0. The smallest absolute Gasteiger partial charge is 0.0924 e. The van der Waals surface area contributed by atoms with Crippen LogP contribution in [0.1, 0.15) is 113 Å². The van der Waals surface area contributed by atoms with Crippen molar-refractivity contribution >= 4 is 15.9 Å². The van der Waals surface area contributed by atoms with Crippen LogP contribution >= 0.6 is 15.9 Å². The van der Waals surface area contributed by atoms with Gasteiger partial charge < -0.3 is 29.2 Å². The highest BCUT2D eigenvalue weighted by Crippen LogP contribution is 2.48. The second-order valence-electron chi connectivity index (χ2n) is 14.0. The molecule has 4 saturated heterocycles. The Kier molecular flexibility index (Phi) is 8.44. The topological polar surface area (TPSA) is 77.4 Å². The minimum Gasteiger partial charge on any atom is -0.390 e. The number of aliphatic hydroxyl groups excluding tert-OH is 1. The molecule has 9 atom stereocenters. The third-order valence-electron chi connectivity index (χ3n) is 9.84. The van der Waals surface area contributed by atoms with Gasteiger partial charge in [0.1, 0.15) is 0 Å². The van der Waals surface area contributed by atoms with E-state index in [1.165, 1.54) is 0 Å². The van der Waals surface area contributed by atoms with Crippen LogP contribution in [0.4, 0.5) is 0 Å². The van der Waals surface area contributed by atoms with Gasteiger partial charge in [-0.25, -0.2) is 0 Å². The Morgan fingerprint density at radius 3 is 2.22 bits per heavy atom. The molecular formula is C30H51BrO6. The van der Waals surface area contributed by atoms with Crippen LogP contribution in [0.5, 0.6) is 0 Å². The van der Waals surface area contributed by atoms with Gasteiger partial charge in [0.05, 0.1) is 58.5 Å². The van der Waals surface area contributed by atoms with Gasteiger partial charge in [-0.3, -0.25) is 0 Å². The third-order valence-corrected chi connectivity index (χ3v) is 11.4. The van der Waals surface area contributed by atoms with E-state index < -0.39 is 17.3 Å². The number of alkyl halides is 1. The molecular weight excluding hydrogens is 536 g/mol. The molecule has 0 bridgehead atoms. The molecule has 0 spiro atoms. The highest BCUT2D eigenvalue weighted by Gasteiger charge is 2.54. The summed E-state index contributed by atoms with van der Waals surface area (Å²) in [6.07, 6.45) is 7.74. The summed E-state index contributed by atoms with van der Waals surface area (Å²) in [7, 11) is 0. The summed E-state index contributed by atoms with van der Waals surface area (Å²) in [5.74, 6) is 0. The van der Waals surface area contributed by atoms with E-state index in [0.717, 1.165) is 56.9 Å². The van der Waals surface area contributed by atoms with Crippen LogP contribution in [0.25, 0.3) is 0 Å². The first kappa shape index (κ1) is 30.0. The van der Waals surface area contributed by atoms with Crippen molar-refractivity contribution in [3.8, 4) is 0 Å². The molecule has 0 aromatic carbocycles. The number of rotatable bonds is 7. The molecule has 4 heterocycles. The molecule has 0 amide bonds. The largest absolute Gasteiger partial charge is 0.390 e. The van der Waals surface area contributed by atoms with Crippen molar-refractivity contribution in [3.05, 3.63) is 12.2 Å². The summed E-state index contributed by atoms with van der Waals surface area (Å²) in [4.78, 5) is 0.357. The first-order valence-electron chi connectivity index (χ1n) is 14.4. The maximum atomic E-state index is 11.0. The lowest BCUT2D eigenvalue weighted by Gasteiger charge is -2.55. The lowest BCUT2D eigenvalue weighted by Crippen LogP contribution is -2.62. The van der Waals surface area contributed by atoms with Gasteiger partial charge in [0.15, 0.2) is 0 Å². The normalized spacial score (nSPS) is 45.3. The summed E-state index contributed by atoms with van der Waals surface area (Å²) >= 11 is 3.80. The number of hydrogen-bond donors (Lipinski definition) is 2. The van der Waals surface area contributed by atoms with Gasteiger partial charge in [0.25, 0.3) is 0 Å². The zero-order chi connectivity index (χ0) is 27.4. The Morgan fingerprint density at radius 1 is 0.946 bits per heavy atom. The fourth-order valence-corrected chi connectivity index (χ4v) is 7.34. The number of aliphatic hydroxyl groups is 2. The van der Waals surface area contributed by atoms with E-state index in [-0.39, 0.29) is 41.2 Å². The van der Waals surface area contributed by atoms with Crippen LogP contribution < -0.4 is 0 Å². The van der Waals surface area contributed by atoms with E-state index in [4.69, 9.17) is 18.9 Å². The molecule has 7 heteroatoms. The lowest BCUT2D eigenvalue weighted by molar-refractivity contribution is -0.285. The Hall–Kier alpha value is -0.0200. The van der Waals surface area contributed by atoms with E-state index in [1.54, 1.807) is 13.8 Å². The zero-order valence-electron chi connectivity index (χ0n) is 24.1. The van der Waals surface area contributed by atoms with Gasteiger partial charge >= 0.3 is 0 Å². The number of hydrogen-bond acceptors (Lipinski definition) is 6. The molecule has 37 heavy (non-hydrogen) atoms. The molecule has 4 fully saturated rings. The predicted octanol–water partition coefficient (Wildman–Crippen LogP) is 5.99. The molecule has 2 N–H and O–H groups in total. The van der Waals surface area contributed by atoms with Crippen LogP contribution in [0.15, 0.2) is 12.2 Å².